The number of rotatable bonds is 9. The molecule has 1 N–H and O–H groups in total. The summed E-state index contributed by atoms with van der Waals surface area (Å²) in [4.78, 5) is 13.1. The van der Waals surface area contributed by atoms with Gasteiger partial charge in [-0.3, -0.25) is 14.2 Å². The van der Waals surface area contributed by atoms with E-state index in [2.05, 4.69) is 35.4 Å². The number of nitrogens with one attached hydrogen (secondary N) is 1. The van der Waals surface area contributed by atoms with E-state index < -0.39 is 0 Å². The van der Waals surface area contributed by atoms with Gasteiger partial charge in [-0.2, -0.15) is 10.2 Å². The molecule has 3 unspecified atom stereocenters. The molecule has 7 nitrogen and oxygen atoms in total. The standard InChI is InChI=1S/C22H33N5O2/c1-15-18(16(2)26(3)25-15)6-5-10-23-21(28)20-17-7-9-22(20,14-17)19-8-11-24-27(19)12-13-29-4/h8,11,17,20H,5-7,9-10,12-14H2,1-4H3,(H,23,28). The lowest BCUT2D eigenvalue weighted by molar-refractivity contribution is -0.133. The number of hydrogen-bond donors (Lipinski definition) is 1. The van der Waals surface area contributed by atoms with E-state index in [9.17, 15) is 4.79 Å². The molecule has 0 radical (unpaired) electrons. The molecule has 0 aromatic carbocycles. The van der Waals surface area contributed by atoms with Crippen molar-refractivity contribution in [1.29, 1.82) is 0 Å². The van der Waals surface area contributed by atoms with Gasteiger partial charge in [-0.25, -0.2) is 0 Å². The third-order valence-electron chi connectivity index (χ3n) is 7.23. The highest BCUT2D eigenvalue weighted by Crippen LogP contribution is 2.63. The maximum absolute atomic E-state index is 13.1. The molecular formula is C22H33N5O2. The van der Waals surface area contributed by atoms with Gasteiger partial charge in [0.25, 0.3) is 0 Å². The first-order valence-corrected chi connectivity index (χ1v) is 10.8. The molecule has 3 aliphatic rings. The molecule has 0 spiro atoms. The summed E-state index contributed by atoms with van der Waals surface area (Å²) < 4.78 is 9.20. The second-order valence-corrected chi connectivity index (χ2v) is 8.74. The van der Waals surface area contributed by atoms with Crippen LogP contribution in [0.1, 0.15) is 48.3 Å². The largest absolute Gasteiger partial charge is 0.383 e. The summed E-state index contributed by atoms with van der Waals surface area (Å²) in [6.07, 6.45) is 7.09. The van der Waals surface area contributed by atoms with Gasteiger partial charge in [-0.15, -0.1) is 0 Å². The smallest absolute Gasteiger partial charge is 0.224 e. The number of methoxy groups -OCH3 is 1. The number of fused-ring (bicyclic) bond motifs is 1. The van der Waals surface area contributed by atoms with Crippen molar-refractivity contribution in [3.8, 4) is 0 Å². The minimum atomic E-state index is -0.0322. The van der Waals surface area contributed by atoms with Crippen LogP contribution in [0.5, 0.6) is 0 Å². The molecule has 158 valence electrons. The minimum absolute atomic E-state index is 0.0322. The summed E-state index contributed by atoms with van der Waals surface area (Å²) in [5, 5.41) is 12.2. The maximum atomic E-state index is 13.1. The first-order chi connectivity index (χ1) is 14.0. The molecule has 0 saturated heterocycles. The van der Waals surface area contributed by atoms with Crippen molar-refractivity contribution >= 4 is 5.91 Å². The molecule has 2 heterocycles. The van der Waals surface area contributed by atoms with Crippen molar-refractivity contribution in [3.63, 3.8) is 0 Å². The van der Waals surface area contributed by atoms with Crippen LogP contribution in [-0.2, 0) is 35.0 Å². The van der Waals surface area contributed by atoms with Crippen LogP contribution in [0.15, 0.2) is 12.3 Å². The predicted octanol–water partition coefficient (Wildman–Crippen LogP) is 2.30. The number of carbonyl (C=O) groups excluding carboxylic acids is 1. The Morgan fingerprint density at radius 1 is 1.41 bits per heavy atom. The van der Waals surface area contributed by atoms with Crippen LogP contribution in [0, 0.1) is 25.7 Å². The first-order valence-electron chi connectivity index (χ1n) is 10.8. The number of nitrogens with zero attached hydrogens (tertiary/aromatic N) is 4. The van der Waals surface area contributed by atoms with Gasteiger partial charge in [0.2, 0.25) is 5.91 Å². The molecule has 3 fully saturated rings. The number of ether oxygens (including phenoxy) is 1. The molecule has 3 atom stereocenters. The Balaban J connectivity index is 1.36. The van der Waals surface area contributed by atoms with Gasteiger partial charge in [-0.1, -0.05) is 0 Å². The van der Waals surface area contributed by atoms with Crippen LogP contribution < -0.4 is 5.32 Å². The molecule has 2 bridgehead atoms. The van der Waals surface area contributed by atoms with E-state index >= 15 is 0 Å². The van der Waals surface area contributed by atoms with Gasteiger partial charge in [0.05, 0.1) is 24.8 Å². The van der Waals surface area contributed by atoms with Crippen LogP contribution in [0.2, 0.25) is 0 Å². The molecule has 2 aromatic heterocycles. The average molecular weight is 400 g/mol. The van der Waals surface area contributed by atoms with Gasteiger partial charge >= 0.3 is 0 Å². The van der Waals surface area contributed by atoms with Gasteiger partial charge in [0.15, 0.2) is 0 Å². The maximum Gasteiger partial charge on any atom is 0.224 e. The molecule has 3 aliphatic carbocycles. The van der Waals surface area contributed by atoms with Crippen LogP contribution in [0.3, 0.4) is 0 Å². The second-order valence-electron chi connectivity index (χ2n) is 8.74. The zero-order valence-electron chi connectivity index (χ0n) is 18.1. The Kier molecular flexibility index (Phi) is 5.51. The monoisotopic (exact) mass is 399 g/mol. The van der Waals surface area contributed by atoms with Gasteiger partial charge in [0.1, 0.15) is 0 Å². The fourth-order valence-electron chi connectivity index (χ4n) is 5.71. The van der Waals surface area contributed by atoms with Gasteiger partial charge in [-0.05, 0) is 63.5 Å². The Labute approximate surface area is 172 Å². The van der Waals surface area contributed by atoms with Crippen LogP contribution in [0.4, 0.5) is 0 Å². The fraction of sp³-hybridized carbons (Fsp3) is 0.682. The zero-order valence-corrected chi connectivity index (χ0v) is 18.1. The number of carbonyl (C=O) groups is 1. The van der Waals surface area contributed by atoms with E-state index in [1.54, 1.807) is 7.11 Å². The quantitative estimate of drug-likeness (QED) is 0.657. The molecular weight excluding hydrogens is 366 g/mol. The molecule has 29 heavy (non-hydrogen) atoms. The van der Waals surface area contributed by atoms with E-state index in [0.29, 0.717) is 12.5 Å². The SMILES string of the molecule is COCCn1nccc1C12CCC(C1)C2C(=O)NCCCc1c(C)nn(C)c1C. The van der Waals surface area contributed by atoms with Gasteiger partial charge in [0, 0.05) is 43.7 Å². The highest BCUT2D eigenvalue weighted by atomic mass is 16.5. The number of hydrogen-bond acceptors (Lipinski definition) is 4. The Bertz CT molecular complexity index is 882. The van der Waals surface area contributed by atoms with E-state index in [1.165, 1.54) is 17.0 Å². The molecule has 7 heteroatoms. The Hall–Kier alpha value is -2.15. The molecule has 5 rings (SSSR count). The Morgan fingerprint density at radius 3 is 2.93 bits per heavy atom. The van der Waals surface area contributed by atoms with Crippen LogP contribution in [0.25, 0.3) is 0 Å². The van der Waals surface area contributed by atoms with E-state index in [1.807, 2.05) is 22.6 Å². The third-order valence-corrected chi connectivity index (χ3v) is 7.23. The summed E-state index contributed by atoms with van der Waals surface area (Å²) in [6.45, 7) is 6.26. The highest BCUT2D eigenvalue weighted by Gasteiger charge is 2.63. The number of amides is 1. The van der Waals surface area contributed by atoms with E-state index in [4.69, 9.17) is 4.74 Å². The van der Waals surface area contributed by atoms with Crippen molar-refractivity contribution in [2.24, 2.45) is 18.9 Å². The van der Waals surface area contributed by atoms with Crippen LogP contribution >= 0.6 is 0 Å². The highest BCUT2D eigenvalue weighted by molar-refractivity contribution is 5.82. The summed E-state index contributed by atoms with van der Waals surface area (Å²) >= 11 is 0. The van der Waals surface area contributed by atoms with E-state index in [0.717, 1.165) is 50.9 Å². The first kappa shape index (κ1) is 20.1. The van der Waals surface area contributed by atoms with Crippen molar-refractivity contribution in [2.75, 3.05) is 20.3 Å². The summed E-state index contributed by atoms with van der Waals surface area (Å²) in [5.74, 6) is 0.823. The number of aromatic nitrogens is 4. The normalized spacial score (nSPS) is 25.2. The van der Waals surface area contributed by atoms with Crippen molar-refractivity contribution in [3.05, 3.63) is 34.9 Å². The van der Waals surface area contributed by atoms with Crippen molar-refractivity contribution in [1.82, 2.24) is 24.9 Å². The number of aryl methyl sites for hydroxylation is 2. The zero-order chi connectivity index (χ0) is 20.6. The van der Waals surface area contributed by atoms with Crippen molar-refractivity contribution < 1.29 is 9.53 Å². The lowest BCUT2D eigenvalue weighted by Gasteiger charge is -2.46. The fourth-order valence-corrected chi connectivity index (χ4v) is 5.71. The lowest BCUT2D eigenvalue weighted by atomic mass is 9.58. The average Bonchev–Trinajstić information content (AvgIpc) is 3.43. The topological polar surface area (TPSA) is 74.0 Å². The van der Waals surface area contributed by atoms with Gasteiger partial charge < -0.3 is 10.1 Å². The van der Waals surface area contributed by atoms with Crippen molar-refractivity contribution in [2.45, 2.75) is 57.9 Å². The summed E-state index contributed by atoms with van der Waals surface area (Å²) in [5.41, 5.74) is 4.80. The predicted molar refractivity (Wildman–Crippen MR) is 111 cm³/mol. The summed E-state index contributed by atoms with van der Waals surface area (Å²) in [6, 6.07) is 2.10. The Morgan fingerprint density at radius 2 is 2.24 bits per heavy atom. The molecule has 1 amide bonds. The van der Waals surface area contributed by atoms with Crippen LogP contribution in [-0.4, -0.2) is 45.7 Å². The lowest BCUT2D eigenvalue weighted by Crippen LogP contribution is -2.53. The molecule has 2 aromatic rings. The van der Waals surface area contributed by atoms with E-state index in [-0.39, 0.29) is 17.2 Å². The third kappa shape index (κ3) is 3.39. The minimum Gasteiger partial charge on any atom is -0.383 e. The summed E-state index contributed by atoms with van der Waals surface area (Å²) in [7, 11) is 3.69. The molecule has 0 aliphatic heterocycles. The molecule has 3 saturated carbocycles. The second kappa shape index (κ2) is 7.94.